The zero-order valence-electron chi connectivity index (χ0n) is 12.3. The zero-order chi connectivity index (χ0) is 14.5. The molecular formula is C16H24N2O2. The number of aliphatic hydroxyl groups is 1. The van der Waals surface area contributed by atoms with Crippen molar-refractivity contribution in [1.29, 1.82) is 0 Å². The van der Waals surface area contributed by atoms with E-state index < -0.39 is 0 Å². The number of rotatable bonds is 4. The summed E-state index contributed by atoms with van der Waals surface area (Å²) in [7, 11) is 1.81. The molecule has 1 saturated heterocycles. The highest BCUT2D eigenvalue weighted by Crippen LogP contribution is 2.20. The van der Waals surface area contributed by atoms with Gasteiger partial charge in [-0.05, 0) is 44.4 Å². The van der Waals surface area contributed by atoms with Crippen LogP contribution in [0.2, 0.25) is 0 Å². The van der Waals surface area contributed by atoms with E-state index in [9.17, 15) is 9.90 Å². The number of anilines is 1. The molecule has 1 amide bonds. The lowest BCUT2D eigenvalue weighted by atomic mass is 9.93. The minimum atomic E-state index is -0.292. The Morgan fingerprint density at radius 3 is 2.80 bits per heavy atom. The number of nitrogens with zero attached hydrogens (tertiary/aromatic N) is 2. The summed E-state index contributed by atoms with van der Waals surface area (Å²) >= 11 is 0. The Balaban J connectivity index is 1.91. The minimum Gasteiger partial charge on any atom is -0.393 e. The van der Waals surface area contributed by atoms with Crippen molar-refractivity contribution in [3.8, 4) is 0 Å². The van der Waals surface area contributed by atoms with Gasteiger partial charge in [-0.15, -0.1) is 0 Å². The Bertz CT molecular complexity index is 433. The van der Waals surface area contributed by atoms with Crippen molar-refractivity contribution >= 4 is 11.6 Å². The summed E-state index contributed by atoms with van der Waals surface area (Å²) in [5, 5.41) is 9.69. The van der Waals surface area contributed by atoms with Crippen LogP contribution in [-0.2, 0) is 4.79 Å². The van der Waals surface area contributed by atoms with Gasteiger partial charge in [-0.1, -0.05) is 18.2 Å². The molecule has 0 aliphatic carbocycles. The third kappa shape index (κ3) is 3.81. The summed E-state index contributed by atoms with van der Waals surface area (Å²) in [6.45, 7) is 4.02. The second kappa shape index (κ2) is 6.86. The summed E-state index contributed by atoms with van der Waals surface area (Å²) in [5.41, 5.74) is 0.918. The van der Waals surface area contributed by atoms with E-state index in [1.165, 1.54) is 0 Å². The van der Waals surface area contributed by atoms with Crippen LogP contribution >= 0.6 is 0 Å². The van der Waals surface area contributed by atoms with Crippen LogP contribution in [0.25, 0.3) is 0 Å². The molecule has 0 spiro atoms. The van der Waals surface area contributed by atoms with Crippen LogP contribution in [0.1, 0.15) is 19.8 Å². The quantitative estimate of drug-likeness (QED) is 0.911. The van der Waals surface area contributed by atoms with Crippen LogP contribution in [0.5, 0.6) is 0 Å². The molecule has 4 heteroatoms. The third-order valence-electron chi connectivity index (χ3n) is 4.10. The average molecular weight is 276 g/mol. The van der Waals surface area contributed by atoms with Crippen molar-refractivity contribution in [3.05, 3.63) is 30.3 Å². The van der Waals surface area contributed by atoms with Crippen LogP contribution in [0.4, 0.5) is 5.69 Å². The molecule has 1 aromatic carbocycles. The predicted octanol–water partition coefficient (Wildman–Crippen LogP) is 1.74. The maximum atomic E-state index is 12.3. The Kier molecular flexibility index (Phi) is 5.15. The topological polar surface area (TPSA) is 43.8 Å². The maximum Gasteiger partial charge on any atom is 0.240 e. The first-order chi connectivity index (χ1) is 9.58. The fraction of sp³-hybridized carbons (Fsp3) is 0.562. The average Bonchev–Trinajstić information content (AvgIpc) is 2.47. The van der Waals surface area contributed by atoms with E-state index in [1.807, 2.05) is 44.3 Å². The van der Waals surface area contributed by atoms with Crippen LogP contribution in [0, 0.1) is 5.92 Å². The molecule has 110 valence electrons. The van der Waals surface area contributed by atoms with Crippen molar-refractivity contribution in [2.24, 2.45) is 5.92 Å². The van der Waals surface area contributed by atoms with E-state index in [1.54, 1.807) is 4.90 Å². The minimum absolute atomic E-state index is 0.0995. The molecule has 1 aromatic rings. The first-order valence-corrected chi connectivity index (χ1v) is 7.30. The second-order valence-electron chi connectivity index (χ2n) is 5.67. The summed E-state index contributed by atoms with van der Waals surface area (Å²) in [6.07, 6.45) is 1.81. The molecule has 2 unspecified atom stereocenters. The van der Waals surface area contributed by atoms with Gasteiger partial charge in [0.1, 0.15) is 0 Å². The standard InChI is InChI=1S/C16H24N2O2/c1-13(19)14-7-6-10-18(11-14)12-16(20)17(2)15-8-4-3-5-9-15/h3-5,8-9,13-14,19H,6-7,10-12H2,1-2H3. The summed E-state index contributed by atoms with van der Waals surface area (Å²) in [5.74, 6) is 0.390. The van der Waals surface area contributed by atoms with Gasteiger partial charge < -0.3 is 10.0 Å². The Morgan fingerprint density at radius 2 is 2.15 bits per heavy atom. The van der Waals surface area contributed by atoms with E-state index in [0.29, 0.717) is 12.5 Å². The fourth-order valence-electron chi connectivity index (χ4n) is 2.72. The Labute approximate surface area is 121 Å². The van der Waals surface area contributed by atoms with E-state index >= 15 is 0 Å². The second-order valence-corrected chi connectivity index (χ2v) is 5.67. The molecule has 0 aromatic heterocycles. The number of carbonyl (C=O) groups is 1. The molecule has 2 rings (SSSR count). The van der Waals surface area contributed by atoms with Crippen LogP contribution in [0.15, 0.2) is 30.3 Å². The number of likely N-dealkylation sites (N-methyl/N-ethyl adjacent to an activating group) is 1. The van der Waals surface area contributed by atoms with Gasteiger partial charge in [-0.25, -0.2) is 0 Å². The highest BCUT2D eigenvalue weighted by molar-refractivity contribution is 5.94. The van der Waals surface area contributed by atoms with Gasteiger partial charge in [-0.3, -0.25) is 9.69 Å². The maximum absolute atomic E-state index is 12.3. The van der Waals surface area contributed by atoms with Crippen molar-refractivity contribution < 1.29 is 9.90 Å². The number of para-hydroxylation sites is 1. The smallest absolute Gasteiger partial charge is 0.240 e. The molecule has 2 atom stereocenters. The van der Waals surface area contributed by atoms with Crippen molar-refractivity contribution in [2.45, 2.75) is 25.9 Å². The van der Waals surface area contributed by atoms with Gasteiger partial charge in [0.25, 0.3) is 0 Å². The molecule has 1 aliphatic heterocycles. The normalized spacial score (nSPS) is 21.4. The number of hydrogen-bond acceptors (Lipinski definition) is 3. The molecule has 20 heavy (non-hydrogen) atoms. The van der Waals surface area contributed by atoms with E-state index in [4.69, 9.17) is 0 Å². The Morgan fingerprint density at radius 1 is 1.45 bits per heavy atom. The molecule has 1 N–H and O–H groups in total. The van der Waals surface area contributed by atoms with Crippen LogP contribution in [0.3, 0.4) is 0 Å². The molecule has 1 heterocycles. The number of aliphatic hydroxyl groups excluding tert-OH is 1. The van der Waals surface area contributed by atoms with Gasteiger partial charge in [-0.2, -0.15) is 0 Å². The molecule has 0 bridgehead atoms. The zero-order valence-corrected chi connectivity index (χ0v) is 12.3. The lowest BCUT2D eigenvalue weighted by Crippen LogP contribution is -2.45. The third-order valence-corrected chi connectivity index (χ3v) is 4.10. The Hall–Kier alpha value is -1.39. The van der Waals surface area contributed by atoms with Gasteiger partial charge in [0, 0.05) is 19.3 Å². The molecule has 1 fully saturated rings. The number of piperidine rings is 1. The van der Waals surface area contributed by atoms with Gasteiger partial charge in [0.15, 0.2) is 0 Å². The predicted molar refractivity (Wildman–Crippen MR) is 80.7 cm³/mol. The summed E-state index contributed by atoms with van der Waals surface area (Å²) in [4.78, 5) is 16.2. The number of benzene rings is 1. The molecular weight excluding hydrogens is 252 g/mol. The van der Waals surface area contributed by atoms with E-state index in [-0.39, 0.29) is 12.0 Å². The lowest BCUT2D eigenvalue weighted by molar-refractivity contribution is -0.120. The van der Waals surface area contributed by atoms with Crippen LogP contribution < -0.4 is 4.90 Å². The largest absolute Gasteiger partial charge is 0.393 e. The van der Waals surface area contributed by atoms with Crippen molar-refractivity contribution in [3.63, 3.8) is 0 Å². The number of carbonyl (C=O) groups excluding carboxylic acids is 1. The van der Waals surface area contributed by atoms with Gasteiger partial charge >= 0.3 is 0 Å². The summed E-state index contributed by atoms with van der Waals surface area (Å²) < 4.78 is 0. The number of hydrogen-bond donors (Lipinski definition) is 1. The van der Waals surface area contributed by atoms with Crippen molar-refractivity contribution in [1.82, 2.24) is 4.90 Å². The highest BCUT2D eigenvalue weighted by atomic mass is 16.3. The number of likely N-dealkylation sites (tertiary alicyclic amines) is 1. The molecule has 1 aliphatic rings. The molecule has 0 saturated carbocycles. The van der Waals surface area contributed by atoms with Gasteiger partial charge in [0.2, 0.25) is 5.91 Å². The fourth-order valence-corrected chi connectivity index (χ4v) is 2.72. The first-order valence-electron chi connectivity index (χ1n) is 7.30. The first kappa shape index (κ1) is 15.0. The number of amides is 1. The molecule has 0 radical (unpaired) electrons. The van der Waals surface area contributed by atoms with Gasteiger partial charge in [0.05, 0.1) is 12.6 Å². The SMILES string of the molecule is CC(O)C1CCCN(CC(=O)N(C)c2ccccc2)C1. The van der Waals surface area contributed by atoms with E-state index in [2.05, 4.69) is 4.90 Å². The van der Waals surface area contributed by atoms with E-state index in [0.717, 1.165) is 31.6 Å². The van der Waals surface area contributed by atoms with Crippen molar-refractivity contribution in [2.75, 3.05) is 31.6 Å². The molecule has 4 nitrogen and oxygen atoms in total. The summed E-state index contributed by atoms with van der Waals surface area (Å²) in [6, 6.07) is 9.69. The lowest BCUT2D eigenvalue weighted by Gasteiger charge is -2.34. The monoisotopic (exact) mass is 276 g/mol. The van der Waals surface area contributed by atoms with Crippen LogP contribution in [-0.4, -0.2) is 48.7 Å². The highest BCUT2D eigenvalue weighted by Gasteiger charge is 2.25.